The van der Waals surface area contributed by atoms with E-state index in [1.165, 1.54) is 0 Å². The van der Waals surface area contributed by atoms with Gasteiger partial charge in [0.2, 0.25) is 0 Å². The average molecular weight is 436 g/mol. The van der Waals surface area contributed by atoms with E-state index in [4.69, 9.17) is 16.3 Å². The molecule has 0 saturated carbocycles. The second kappa shape index (κ2) is 9.95. The number of nitrogens with zero attached hydrogens (tertiary/aromatic N) is 4. The Kier molecular flexibility index (Phi) is 6.64. The van der Waals surface area contributed by atoms with Crippen molar-refractivity contribution in [1.82, 2.24) is 19.3 Å². The number of rotatable bonds is 9. The van der Waals surface area contributed by atoms with Crippen LogP contribution in [0.25, 0.3) is 0 Å². The maximum atomic E-state index is 12.6. The Balaban J connectivity index is 1.30. The van der Waals surface area contributed by atoms with Crippen molar-refractivity contribution >= 4 is 23.2 Å². The summed E-state index contributed by atoms with van der Waals surface area (Å²) in [5.74, 6) is 0.371. The van der Waals surface area contributed by atoms with Gasteiger partial charge in [0.25, 0.3) is 5.91 Å². The van der Waals surface area contributed by atoms with Gasteiger partial charge in [-0.25, -0.2) is 0 Å². The number of ether oxygens (including phenoxy) is 1. The third kappa shape index (κ3) is 5.96. The fourth-order valence-electron chi connectivity index (χ4n) is 3.09. The smallest absolute Gasteiger partial charge is 0.274 e. The quantitative estimate of drug-likeness (QED) is 0.415. The van der Waals surface area contributed by atoms with E-state index >= 15 is 0 Å². The van der Waals surface area contributed by atoms with E-state index in [9.17, 15) is 4.79 Å². The number of carbonyl (C=O) groups excluding carboxylic acids is 1. The standard InChI is InChI=1S/C23H22ClN5O2/c24-19-5-3-6-21(14-19)31-17-18-7-8-25-22(13-18)23(30)27-20-15-26-29(16-20)12-4-11-28-9-1-2-10-28/h1-3,5-10,13-16H,4,11-12,17H2,(H,27,30). The summed E-state index contributed by atoms with van der Waals surface area (Å²) in [5, 5.41) is 7.76. The number of aryl methyl sites for hydroxylation is 2. The van der Waals surface area contributed by atoms with Crippen molar-refractivity contribution in [3.05, 3.63) is 95.8 Å². The van der Waals surface area contributed by atoms with Gasteiger partial charge in [0.1, 0.15) is 18.1 Å². The number of nitrogens with one attached hydrogen (secondary N) is 1. The lowest BCUT2D eigenvalue weighted by atomic mass is 10.2. The number of hydrogen-bond donors (Lipinski definition) is 1. The molecule has 4 aromatic rings. The van der Waals surface area contributed by atoms with E-state index < -0.39 is 0 Å². The van der Waals surface area contributed by atoms with Gasteiger partial charge in [-0.05, 0) is 54.4 Å². The molecule has 0 atom stereocenters. The molecule has 1 amide bonds. The van der Waals surface area contributed by atoms with E-state index in [0.717, 1.165) is 25.1 Å². The Labute approximate surface area is 185 Å². The van der Waals surface area contributed by atoms with Gasteiger partial charge < -0.3 is 14.6 Å². The molecule has 0 aliphatic heterocycles. The summed E-state index contributed by atoms with van der Waals surface area (Å²) < 4.78 is 9.68. The van der Waals surface area contributed by atoms with Gasteiger partial charge in [-0.1, -0.05) is 17.7 Å². The molecule has 1 aromatic carbocycles. The lowest BCUT2D eigenvalue weighted by Crippen LogP contribution is -2.14. The number of carbonyl (C=O) groups is 1. The molecule has 3 heterocycles. The molecule has 1 N–H and O–H groups in total. The molecule has 3 aromatic heterocycles. The van der Waals surface area contributed by atoms with Crippen LogP contribution in [0.5, 0.6) is 5.75 Å². The molecule has 0 fully saturated rings. The van der Waals surface area contributed by atoms with Gasteiger partial charge >= 0.3 is 0 Å². The maximum absolute atomic E-state index is 12.6. The predicted octanol–water partition coefficient (Wildman–Crippen LogP) is 4.65. The van der Waals surface area contributed by atoms with E-state index in [1.807, 2.05) is 53.6 Å². The summed E-state index contributed by atoms with van der Waals surface area (Å²) in [4.78, 5) is 16.8. The zero-order valence-corrected chi connectivity index (χ0v) is 17.6. The van der Waals surface area contributed by atoms with Gasteiger partial charge in [-0.3, -0.25) is 14.5 Å². The van der Waals surface area contributed by atoms with Crippen molar-refractivity contribution in [2.45, 2.75) is 26.1 Å². The summed E-state index contributed by atoms with van der Waals surface area (Å²) in [6, 6.07) is 14.7. The van der Waals surface area contributed by atoms with E-state index in [1.54, 1.807) is 30.6 Å². The van der Waals surface area contributed by atoms with Crippen molar-refractivity contribution in [1.29, 1.82) is 0 Å². The predicted molar refractivity (Wildman–Crippen MR) is 119 cm³/mol. The van der Waals surface area contributed by atoms with Crippen molar-refractivity contribution in [2.75, 3.05) is 5.32 Å². The highest BCUT2D eigenvalue weighted by Crippen LogP contribution is 2.18. The van der Waals surface area contributed by atoms with E-state index in [0.29, 0.717) is 28.8 Å². The van der Waals surface area contributed by atoms with Crippen molar-refractivity contribution in [3.63, 3.8) is 0 Å². The molecule has 0 bridgehead atoms. The topological polar surface area (TPSA) is 74.0 Å². The number of pyridine rings is 1. The first-order chi connectivity index (χ1) is 15.2. The van der Waals surface area contributed by atoms with Crippen LogP contribution in [0.3, 0.4) is 0 Å². The Hall–Kier alpha value is -3.58. The maximum Gasteiger partial charge on any atom is 0.274 e. The van der Waals surface area contributed by atoms with Crippen LogP contribution in [0, 0.1) is 0 Å². The largest absolute Gasteiger partial charge is 0.489 e. The van der Waals surface area contributed by atoms with E-state index in [-0.39, 0.29) is 5.91 Å². The third-order valence-electron chi connectivity index (χ3n) is 4.62. The zero-order valence-electron chi connectivity index (χ0n) is 16.8. The summed E-state index contributed by atoms with van der Waals surface area (Å²) in [6.45, 7) is 1.99. The van der Waals surface area contributed by atoms with Gasteiger partial charge in [0.05, 0.1) is 11.9 Å². The Morgan fingerprint density at radius 2 is 1.97 bits per heavy atom. The summed E-state index contributed by atoms with van der Waals surface area (Å²) >= 11 is 5.97. The number of amides is 1. The minimum atomic E-state index is -0.295. The van der Waals surface area contributed by atoms with Gasteiger partial charge in [-0.2, -0.15) is 5.10 Å². The number of benzene rings is 1. The number of anilines is 1. The van der Waals surface area contributed by atoms with Crippen LogP contribution in [-0.4, -0.2) is 25.2 Å². The van der Waals surface area contributed by atoms with Crippen LogP contribution in [0.2, 0.25) is 5.02 Å². The number of hydrogen-bond acceptors (Lipinski definition) is 4. The number of aromatic nitrogens is 4. The highest BCUT2D eigenvalue weighted by Gasteiger charge is 2.10. The second-order valence-corrected chi connectivity index (χ2v) is 7.45. The molecule has 0 aliphatic carbocycles. The highest BCUT2D eigenvalue weighted by molar-refractivity contribution is 6.30. The highest BCUT2D eigenvalue weighted by atomic mass is 35.5. The van der Waals surface area contributed by atoms with Crippen LogP contribution in [0.1, 0.15) is 22.5 Å². The first-order valence-electron chi connectivity index (χ1n) is 9.93. The van der Waals surface area contributed by atoms with E-state index in [2.05, 4.69) is 20.0 Å². The van der Waals surface area contributed by atoms with Gasteiger partial charge in [-0.15, -0.1) is 0 Å². The molecule has 7 nitrogen and oxygen atoms in total. The van der Waals surface area contributed by atoms with Gasteiger partial charge in [0, 0.05) is 42.9 Å². The lowest BCUT2D eigenvalue weighted by molar-refractivity contribution is 0.102. The molecule has 31 heavy (non-hydrogen) atoms. The zero-order chi connectivity index (χ0) is 21.5. The molecule has 4 rings (SSSR count). The average Bonchev–Trinajstić information content (AvgIpc) is 3.45. The molecule has 0 aliphatic rings. The molecule has 0 spiro atoms. The van der Waals surface area contributed by atoms with Crippen LogP contribution in [0.15, 0.2) is 79.5 Å². The molecule has 0 unspecified atom stereocenters. The van der Waals surface area contributed by atoms with Crippen molar-refractivity contribution < 1.29 is 9.53 Å². The molecule has 0 radical (unpaired) electrons. The molecular weight excluding hydrogens is 414 g/mol. The Bertz CT molecular complexity index is 1140. The fourth-order valence-corrected chi connectivity index (χ4v) is 3.27. The molecule has 0 saturated heterocycles. The molecule has 158 valence electrons. The molecular formula is C23H22ClN5O2. The van der Waals surface area contributed by atoms with Gasteiger partial charge in [0.15, 0.2) is 0 Å². The fraction of sp³-hybridized carbons (Fsp3) is 0.174. The minimum Gasteiger partial charge on any atom is -0.489 e. The SMILES string of the molecule is O=C(Nc1cnn(CCCn2cccc2)c1)c1cc(COc2cccc(Cl)c2)ccn1. The lowest BCUT2D eigenvalue weighted by Gasteiger charge is -2.08. The summed E-state index contributed by atoms with van der Waals surface area (Å²) in [7, 11) is 0. The minimum absolute atomic E-state index is 0.295. The third-order valence-corrected chi connectivity index (χ3v) is 4.85. The first-order valence-corrected chi connectivity index (χ1v) is 10.3. The Morgan fingerprint density at radius 1 is 1.10 bits per heavy atom. The normalized spacial score (nSPS) is 10.7. The Morgan fingerprint density at radius 3 is 2.81 bits per heavy atom. The summed E-state index contributed by atoms with van der Waals surface area (Å²) in [5.41, 5.74) is 1.78. The van der Waals surface area contributed by atoms with Crippen molar-refractivity contribution in [3.8, 4) is 5.75 Å². The first kappa shape index (κ1) is 20.7. The molecule has 8 heteroatoms. The van der Waals surface area contributed by atoms with Crippen LogP contribution in [-0.2, 0) is 19.7 Å². The van der Waals surface area contributed by atoms with Crippen molar-refractivity contribution in [2.24, 2.45) is 0 Å². The second-order valence-electron chi connectivity index (χ2n) is 7.02. The monoisotopic (exact) mass is 435 g/mol. The van der Waals surface area contributed by atoms with Crippen LogP contribution >= 0.6 is 11.6 Å². The summed E-state index contributed by atoms with van der Waals surface area (Å²) in [6.07, 6.45) is 10.1. The number of halogens is 1. The van der Waals surface area contributed by atoms with Crippen LogP contribution < -0.4 is 10.1 Å². The van der Waals surface area contributed by atoms with Crippen LogP contribution in [0.4, 0.5) is 5.69 Å².